The van der Waals surface area contributed by atoms with Gasteiger partial charge in [0.25, 0.3) is 5.69 Å². The van der Waals surface area contributed by atoms with Crippen LogP contribution in [0.2, 0.25) is 0 Å². The van der Waals surface area contributed by atoms with Gasteiger partial charge in [-0.2, -0.15) is 0 Å². The molecule has 1 aliphatic rings. The van der Waals surface area contributed by atoms with Crippen molar-refractivity contribution in [1.29, 1.82) is 0 Å². The number of rotatable bonds is 5. The van der Waals surface area contributed by atoms with E-state index in [-0.39, 0.29) is 16.7 Å². The number of para-hydroxylation sites is 2. The number of benzene rings is 1. The van der Waals surface area contributed by atoms with Gasteiger partial charge in [0.05, 0.1) is 4.92 Å². The molecule has 0 saturated heterocycles. The molecule has 0 heterocycles. The molecular formula is C13H19N3O2. The quantitative estimate of drug-likeness (QED) is 0.620. The molecule has 0 amide bonds. The fourth-order valence-electron chi connectivity index (χ4n) is 2.68. The summed E-state index contributed by atoms with van der Waals surface area (Å²) in [6.07, 6.45) is 4.80. The smallest absolute Gasteiger partial charge is 0.292 e. The molecule has 1 saturated carbocycles. The van der Waals surface area contributed by atoms with Gasteiger partial charge in [-0.3, -0.25) is 10.1 Å². The van der Waals surface area contributed by atoms with Crippen LogP contribution >= 0.6 is 0 Å². The lowest BCUT2D eigenvalue weighted by Crippen LogP contribution is -2.35. The minimum atomic E-state index is -0.357. The highest BCUT2D eigenvalue weighted by atomic mass is 16.6. The van der Waals surface area contributed by atoms with Crippen molar-refractivity contribution >= 4 is 11.4 Å². The van der Waals surface area contributed by atoms with Crippen molar-refractivity contribution in [1.82, 2.24) is 0 Å². The van der Waals surface area contributed by atoms with Gasteiger partial charge in [0.15, 0.2) is 0 Å². The normalized spacial score (nSPS) is 17.6. The first-order chi connectivity index (χ1) is 8.72. The van der Waals surface area contributed by atoms with E-state index in [1.54, 1.807) is 18.2 Å². The fraction of sp³-hybridized carbons (Fsp3) is 0.538. The summed E-state index contributed by atoms with van der Waals surface area (Å²) in [5, 5.41) is 14.2. The summed E-state index contributed by atoms with van der Waals surface area (Å²) in [7, 11) is 0. The molecule has 3 N–H and O–H groups in total. The topological polar surface area (TPSA) is 81.2 Å². The van der Waals surface area contributed by atoms with E-state index in [1.165, 1.54) is 18.9 Å². The van der Waals surface area contributed by atoms with Crippen LogP contribution in [-0.4, -0.2) is 17.5 Å². The third kappa shape index (κ3) is 2.79. The molecule has 2 rings (SSSR count). The highest BCUT2D eigenvalue weighted by molar-refractivity contribution is 5.61. The molecule has 98 valence electrons. The zero-order valence-corrected chi connectivity index (χ0v) is 10.3. The van der Waals surface area contributed by atoms with Gasteiger partial charge in [-0.1, -0.05) is 25.0 Å². The van der Waals surface area contributed by atoms with Gasteiger partial charge in [-0.25, -0.2) is 0 Å². The van der Waals surface area contributed by atoms with E-state index >= 15 is 0 Å². The maximum Gasteiger partial charge on any atom is 0.292 e. The number of anilines is 1. The summed E-state index contributed by atoms with van der Waals surface area (Å²) in [5.41, 5.74) is 6.49. The third-order valence-corrected chi connectivity index (χ3v) is 3.66. The first kappa shape index (κ1) is 12.8. The van der Waals surface area contributed by atoms with Crippen LogP contribution in [0.5, 0.6) is 0 Å². The molecule has 0 spiro atoms. The van der Waals surface area contributed by atoms with Crippen LogP contribution in [0.1, 0.15) is 25.7 Å². The van der Waals surface area contributed by atoms with Crippen LogP contribution < -0.4 is 11.1 Å². The lowest BCUT2D eigenvalue weighted by atomic mass is 9.98. The van der Waals surface area contributed by atoms with Crippen LogP contribution in [0.3, 0.4) is 0 Å². The molecule has 1 unspecified atom stereocenters. The number of nitrogens with zero attached hydrogens (tertiary/aromatic N) is 1. The molecule has 5 heteroatoms. The van der Waals surface area contributed by atoms with Gasteiger partial charge in [-0.05, 0) is 24.8 Å². The van der Waals surface area contributed by atoms with Gasteiger partial charge in [0, 0.05) is 18.7 Å². The van der Waals surface area contributed by atoms with Crippen LogP contribution in [0.15, 0.2) is 24.3 Å². The number of nitro groups is 1. The number of nitrogens with two attached hydrogens (primary N) is 1. The second kappa shape index (κ2) is 5.82. The van der Waals surface area contributed by atoms with E-state index in [0.29, 0.717) is 18.2 Å². The van der Waals surface area contributed by atoms with Gasteiger partial charge < -0.3 is 11.1 Å². The van der Waals surface area contributed by atoms with Gasteiger partial charge in [0.2, 0.25) is 0 Å². The van der Waals surface area contributed by atoms with Gasteiger partial charge >= 0.3 is 0 Å². The van der Waals surface area contributed by atoms with Crippen LogP contribution in [0.4, 0.5) is 11.4 Å². The first-order valence-electron chi connectivity index (χ1n) is 6.42. The summed E-state index contributed by atoms with van der Waals surface area (Å²) < 4.78 is 0. The second-order valence-electron chi connectivity index (χ2n) is 4.81. The lowest BCUT2D eigenvalue weighted by molar-refractivity contribution is -0.384. The predicted molar refractivity (Wildman–Crippen MR) is 71.5 cm³/mol. The van der Waals surface area contributed by atoms with Crippen LogP contribution in [0, 0.1) is 16.0 Å². The Bertz CT molecular complexity index is 416. The first-order valence-corrected chi connectivity index (χ1v) is 6.42. The average molecular weight is 249 g/mol. The maximum absolute atomic E-state index is 10.9. The minimum Gasteiger partial charge on any atom is -0.375 e. The third-order valence-electron chi connectivity index (χ3n) is 3.66. The van der Waals surface area contributed by atoms with E-state index in [4.69, 9.17) is 5.73 Å². The highest BCUT2D eigenvalue weighted by Crippen LogP contribution is 2.31. The number of nitro benzene ring substituents is 1. The Labute approximate surface area is 107 Å². The van der Waals surface area contributed by atoms with Crippen molar-refractivity contribution in [3.05, 3.63) is 34.4 Å². The Morgan fingerprint density at radius 1 is 1.39 bits per heavy atom. The Kier molecular flexibility index (Phi) is 4.15. The van der Waals surface area contributed by atoms with Crippen molar-refractivity contribution < 1.29 is 4.92 Å². The SMILES string of the molecule is NCC(Nc1ccccc1[N+](=O)[O-])C1CCCC1. The van der Waals surface area contributed by atoms with E-state index in [2.05, 4.69) is 5.32 Å². The van der Waals surface area contributed by atoms with E-state index in [1.807, 2.05) is 0 Å². The largest absolute Gasteiger partial charge is 0.375 e. The molecule has 1 fully saturated rings. The molecule has 0 aromatic heterocycles. The van der Waals surface area contributed by atoms with Crippen molar-refractivity contribution in [2.24, 2.45) is 11.7 Å². The maximum atomic E-state index is 10.9. The molecule has 1 atom stereocenters. The summed E-state index contributed by atoms with van der Waals surface area (Å²) >= 11 is 0. The Morgan fingerprint density at radius 2 is 2.06 bits per heavy atom. The molecule has 0 aliphatic heterocycles. The highest BCUT2D eigenvalue weighted by Gasteiger charge is 2.25. The number of nitrogens with one attached hydrogen (secondary N) is 1. The van der Waals surface area contributed by atoms with Crippen LogP contribution in [0.25, 0.3) is 0 Å². The molecule has 0 radical (unpaired) electrons. The van der Waals surface area contributed by atoms with Crippen molar-refractivity contribution in [3.8, 4) is 0 Å². The molecule has 1 aromatic carbocycles. The summed E-state index contributed by atoms with van der Waals surface area (Å²) in [4.78, 5) is 10.6. The molecule has 5 nitrogen and oxygen atoms in total. The molecular weight excluding hydrogens is 230 g/mol. The number of hydrogen-bond acceptors (Lipinski definition) is 4. The summed E-state index contributed by atoms with van der Waals surface area (Å²) in [5.74, 6) is 0.537. The predicted octanol–water partition coefficient (Wildman–Crippen LogP) is 2.52. The molecule has 1 aromatic rings. The van der Waals surface area contributed by atoms with Crippen LogP contribution in [-0.2, 0) is 0 Å². The monoisotopic (exact) mass is 249 g/mol. The molecule has 0 bridgehead atoms. The average Bonchev–Trinajstić information content (AvgIpc) is 2.90. The Hall–Kier alpha value is -1.62. The lowest BCUT2D eigenvalue weighted by Gasteiger charge is -2.24. The molecule has 18 heavy (non-hydrogen) atoms. The van der Waals surface area contributed by atoms with E-state index < -0.39 is 0 Å². The Balaban J connectivity index is 2.13. The summed E-state index contributed by atoms with van der Waals surface area (Å²) in [6.45, 7) is 0.511. The van der Waals surface area contributed by atoms with E-state index in [9.17, 15) is 10.1 Å². The molecule has 1 aliphatic carbocycles. The second-order valence-corrected chi connectivity index (χ2v) is 4.81. The van der Waals surface area contributed by atoms with Crippen molar-refractivity contribution in [2.45, 2.75) is 31.7 Å². The fourth-order valence-corrected chi connectivity index (χ4v) is 2.68. The zero-order chi connectivity index (χ0) is 13.0. The van der Waals surface area contributed by atoms with Gasteiger partial charge in [0.1, 0.15) is 5.69 Å². The minimum absolute atomic E-state index is 0.119. The van der Waals surface area contributed by atoms with Crippen molar-refractivity contribution in [2.75, 3.05) is 11.9 Å². The zero-order valence-electron chi connectivity index (χ0n) is 10.3. The van der Waals surface area contributed by atoms with E-state index in [0.717, 1.165) is 12.8 Å². The Morgan fingerprint density at radius 3 is 2.67 bits per heavy atom. The van der Waals surface area contributed by atoms with Gasteiger partial charge in [-0.15, -0.1) is 0 Å². The summed E-state index contributed by atoms with van der Waals surface area (Å²) in [6, 6.07) is 6.88. The van der Waals surface area contributed by atoms with Crippen molar-refractivity contribution in [3.63, 3.8) is 0 Å². The number of hydrogen-bond donors (Lipinski definition) is 2. The standard InChI is InChI=1S/C13H19N3O2/c14-9-12(10-5-1-2-6-10)15-11-7-3-4-8-13(11)16(17)18/h3-4,7-8,10,12,15H,1-2,5-6,9,14H2.